The van der Waals surface area contributed by atoms with Crippen LogP contribution in [-0.2, 0) is 4.79 Å². The monoisotopic (exact) mass is 269 g/mol. The quantitative estimate of drug-likeness (QED) is 0.684. The van der Waals surface area contributed by atoms with Crippen LogP contribution in [0.1, 0.15) is 47.0 Å². The zero-order valence-electron chi connectivity index (χ0n) is 13.0. The first kappa shape index (κ1) is 16.4. The van der Waals surface area contributed by atoms with Gasteiger partial charge in [0.15, 0.2) is 0 Å². The first-order chi connectivity index (χ1) is 8.89. The van der Waals surface area contributed by atoms with E-state index in [1.54, 1.807) is 0 Å². The van der Waals surface area contributed by atoms with Gasteiger partial charge in [-0.25, -0.2) is 0 Å². The second-order valence-corrected chi connectivity index (χ2v) is 6.59. The van der Waals surface area contributed by atoms with Crippen LogP contribution >= 0.6 is 0 Å². The van der Waals surface area contributed by atoms with E-state index < -0.39 is 0 Å². The fourth-order valence-corrected chi connectivity index (χ4v) is 2.67. The molecular weight excluding hydrogens is 238 g/mol. The second kappa shape index (κ2) is 7.25. The highest BCUT2D eigenvalue weighted by atomic mass is 16.1. The minimum atomic E-state index is -0.287. The molecule has 2 atom stereocenters. The lowest BCUT2D eigenvalue weighted by Crippen LogP contribution is -2.55. The van der Waals surface area contributed by atoms with Crippen LogP contribution in [0.3, 0.4) is 0 Å². The van der Waals surface area contributed by atoms with Crippen LogP contribution in [0.25, 0.3) is 0 Å². The Balaban J connectivity index is 2.45. The Morgan fingerprint density at radius 1 is 1.37 bits per heavy atom. The van der Waals surface area contributed by atoms with Crippen LogP contribution in [0.2, 0.25) is 0 Å². The van der Waals surface area contributed by atoms with E-state index in [1.165, 1.54) is 12.8 Å². The number of amides is 1. The third-order valence-electron chi connectivity index (χ3n) is 4.82. The molecule has 0 bridgehead atoms. The van der Waals surface area contributed by atoms with E-state index in [0.717, 1.165) is 13.1 Å². The van der Waals surface area contributed by atoms with Gasteiger partial charge in [0.2, 0.25) is 5.91 Å². The summed E-state index contributed by atoms with van der Waals surface area (Å²) in [6.45, 7) is 11.1. The van der Waals surface area contributed by atoms with E-state index in [-0.39, 0.29) is 11.4 Å². The maximum absolute atomic E-state index is 12.2. The Hall–Kier alpha value is -0.610. The molecule has 0 saturated carbocycles. The Bertz CT molecular complexity index is 287. The molecule has 19 heavy (non-hydrogen) atoms. The van der Waals surface area contributed by atoms with E-state index in [4.69, 9.17) is 5.73 Å². The minimum Gasteiger partial charge on any atom is -0.349 e. The van der Waals surface area contributed by atoms with Crippen molar-refractivity contribution in [2.24, 2.45) is 23.5 Å². The zero-order chi connectivity index (χ0) is 14.5. The van der Waals surface area contributed by atoms with Crippen LogP contribution in [0, 0.1) is 17.8 Å². The summed E-state index contributed by atoms with van der Waals surface area (Å²) in [5.41, 5.74) is 5.52. The van der Waals surface area contributed by atoms with E-state index in [1.807, 2.05) is 6.92 Å². The van der Waals surface area contributed by atoms with Crippen molar-refractivity contribution in [3.63, 3.8) is 0 Å². The number of rotatable bonds is 6. The number of hydrogen-bond acceptors (Lipinski definition) is 3. The van der Waals surface area contributed by atoms with Gasteiger partial charge in [-0.1, -0.05) is 20.8 Å². The van der Waals surface area contributed by atoms with Crippen LogP contribution in [0.15, 0.2) is 0 Å². The molecule has 1 heterocycles. The fraction of sp³-hybridized carbons (Fsp3) is 0.933. The lowest BCUT2D eigenvalue weighted by atomic mass is 9.83. The molecule has 2 unspecified atom stereocenters. The van der Waals surface area contributed by atoms with Gasteiger partial charge in [-0.05, 0) is 50.6 Å². The molecule has 112 valence electrons. The summed E-state index contributed by atoms with van der Waals surface area (Å²) in [5, 5.41) is 6.50. The molecule has 0 aliphatic carbocycles. The standard InChI is InChI=1S/C15H31N3O/c1-11(2)15(4,10-16)18-14(19)9-12(3)13-5-7-17-8-6-13/h11-13,17H,5-10,16H2,1-4H3,(H,18,19). The molecule has 1 aliphatic rings. The molecule has 1 saturated heterocycles. The van der Waals surface area contributed by atoms with Crippen LogP contribution < -0.4 is 16.4 Å². The van der Waals surface area contributed by atoms with Crippen molar-refractivity contribution in [2.45, 2.75) is 52.5 Å². The summed E-state index contributed by atoms with van der Waals surface area (Å²) in [4.78, 5) is 12.2. The summed E-state index contributed by atoms with van der Waals surface area (Å²) in [6, 6.07) is 0. The molecule has 0 radical (unpaired) electrons. The number of hydrogen-bond donors (Lipinski definition) is 3. The highest BCUT2D eigenvalue weighted by Gasteiger charge is 2.30. The van der Waals surface area contributed by atoms with Crippen LogP contribution in [-0.4, -0.2) is 31.1 Å². The third kappa shape index (κ3) is 4.77. The highest BCUT2D eigenvalue weighted by Crippen LogP contribution is 2.25. The highest BCUT2D eigenvalue weighted by molar-refractivity contribution is 5.77. The Morgan fingerprint density at radius 2 is 1.95 bits per heavy atom. The number of carbonyl (C=O) groups excluding carboxylic acids is 1. The average Bonchev–Trinajstić information content (AvgIpc) is 2.39. The molecule has 0 aromatic carbocycles. The summed E-state index contributed by atoms with van der Waals surface area (Å²) < 4.78 is 0. The molecule has 0 spiro atoms. The smallest absolute Gasteiger partial charge is 0.220 e. The van der Waals surface area contributed by atoms with Crippen molar-refractivity contribution >= 4 is 5.91 Å². The molecule has 0 aromatic rings. The normalized spacial score (nSPS) is 22.0. The zero-order valence-corrected chi connectivity index (χ0v) is 13.0. The van der Waals surface area contributed by atoms with E-state index in [0.29, 0.717) is 30.7 Å². The molecule has 1 rings (SSSR count). The van der Waals surface area contributed by atoms with E-state index in [9.17, 15) is 4.79 Å². The van der Waals surface area contributed by atoms with Crippen molar-refractivity contribution in [2.75, 3.05) is 19.6 Å². The van der Waals surface area contributed by atoms with Gasteiger partial charge in [-0.3, -0.25) is 4.79 Å². The first-order valence-electron chi connectivity index (χ1n) is 7.61. The molecule has 4 heteroatoms. The van der Waals surface area contributed by atoms with Crippen molar-refractivity contribution in [1.82, 2.24) is 10.6 Å². The Morgan fingerprint density at radius 3 is 2.42 bits per heavy atom. The second-order valence-electron chi connectivity index (χ2n) is 6.59. The summed E-state index contributed by atoms with van der Waals surface area (Å²) in [6.07, 6.45) is 2.99. The van der Waals surface area contributed by atoms with Crippen LogP contribution in [0.4, 0.5) is 0 Å². The number of piperidine rings is 1. The largest absolute Gasteiger partial charge is 0.349 e. The van der Waals surface area contributed by atoms with Gasteiger partial charge < -0.3 is 16.4 Å². The Kier molecular flexibility index (Phi) is 6.27. The maximum atomic E-state index is 12.2. The van der Waals surface area contributed by atoms with Gasteiger partial charge in [0.25, 0.3) is 0 Å². The van der Waals surface area contributed by atoms with Crippen LogP contribution in [0.5, 0.6) is 0 Å². The molecule has 1 amide bonds. The predicted octanol–water partition coefficient (Wildman–Crippen LogP) is 1.50. The topological polar surface area (TPSA) is 67.2 Å². The molecule has 1 fully saturated rings. The van der Waals surface area contributed by atoms with Crippen molar-refractivity contribution < 1.29 is 4.79 Å². The third-order valence-corrected chi connectivity index (χ3v) is 4.82. The molecular formula is C15H31N3O. The van der Waals surface area contributed by atoms with Gasteiger partial charge >= 0.3 is 0 Å². The lowest BCUT2D eigenvalue weighted by molar-refractivity contribution is -0.124. The summed E-state index contributed by atoms with van der Waals surface area (Å²) in [7, 11) is 0. The lowest BCUT2D eigenvalue weighted by Gasteiger charge is -2.35. The summed E-state index contributed by atoms with van der Waals surface area (Å²) >= 11 is 0. The number of nitrogens with one attached hydrogen (secondary N) is 2. The minimum absolute atomic E-state index is 0.146. The summed E-state index contributed by atoms with van der Waals surface area (Å²) in [5.74, 6) is 1.62. The molecule has 0 aromatic heterocycles. The van der Waals surface area contributed by atoms with Gasteiger partial charge in [-0.2, -0.15) is 0 Å². The molecule has 1 aliphatic heterocycles. The van der Waals surface area contributed by atoms with Gasteiger partial charge in [0.05, 0.1) is 5.54 Å². The number of nitrogens with two attached hydrogens (primary N) is 1. The van der Waals surface area contributed by atoms with Gasteiger partial charge in [0, 0.05) is 13.0 Å². The average molecular weight is 269 g/mol. The van der Waals surface area contributed by atoms with E-state index in [2.05, 4.69) is 31.4 Å². The Labute approximate surface area is 117 Å². The SMILES string of the molecule is CC(CC(=O)NC(C)(CN)C(C)C)C1CCNCC1. The van der Waals surface area contributed by atoms with Gasteiger partial charge in [0.1, 0.15) is 0 Å². The number of carbonyl (C=O) groups is 1. The van der Waals surface area contributed by atoms with Gasteiger partial charge in [-0.15, -0.1) is 0 Å². The van der Waals surface area contributed by atoms with Crippen molar-refractivity contribution in [1.29, 1.82) is 0 Å². The maximum Gasteiger partial charge on any atom is 0.220 e. The van der Waals surface area contributed by atoms with E-state index >= 15 is 0 Å². The fourth-order valence-electron chi connectivity index (χ4n) is 2.67. The predicted molar refractivity (Wildman–Crippen MR) is 79.8 cm³/mol. The van der Waals surface area contributed by atoms with Crippen molar-refractivity contribution in [3.8, 4) is 0 Å². The van der Waals surface area contributed by atoms with Crippen molar-refractivity contribution in [3.05, 3.63) is 0 Å². The first-order valence-corrected chi connectivity index (χ1v) is 7.61. The molecule has 4 nitrogen and oxygen atoms in total. The molecule has 4 N–H and O–H groups in total.